The van der Waals surface area contributed by atoms with Crippen LogP contribution in [-0.4, -0.2) is 37.2 Å². The maximum atomic E-state index is 12.7. The zero-order chi connectivity index (χ0) is 18.5. The van der Waals surface area contributed by atoms with Gasteiger partial charge in [0.15, 0.2) is 11.5 Å². The number of methoxy groups -OCH3 is 3. The minimum atomic E-state index is -0.286. The van der Waals surface area contributed by atoms with Crippen molar-refractivity contribution in [3.63, 3.8) is 0 Å². The SMILES string of the molecule is COc1cc(C(=O)Nc2cccc(-c3cnc[nH]3)c2)cc(OC)c1OC. The van der Waals surface area contributed by atoms with Gasteiger partial charge in [0.05, 0.1) is 39.5 Å². The Morgan fingerprint density at radius 1 is 1.04 bits per heavy atom. The molecule has 0 aliphatic carbocycles. The van der Waals surface area contributed by atoms with Crippen molar-refractivity contribution in [1.29, 1.82) is 0 Å². The molecule has 7 heteroatoms. The number of H-pyrrole nitrogens is 1. The molecule has 2 N–H and O–H groups in total. The zero-order valence-corrected chi connectivity index (χ0v) is 14.7. The van der Waals surface area contributed by atoms with Gasteiger partial charge in [-0.1, -0.05) is 12.1 Å². The van der Waals surface area contributed by atoms with E-state index in [1.54, 1.807) is 24.7 Å². The third-order valence-corrected chi connectivity index (χ3v) is 3.86. The number of carbonyl (C=O) groups is 1. The Morgan fingerprint density at radius 3 is 2.35 bits per heavy atom. The maximum absolute atomic E-state index is 12.7. The van der Waals surface area contributed by atoms with Crippen LogP contribution < -0.4 is 19.5 Å². The van der Waals surface area contributed by atoms with Crippen molar-refractivity contribution in [2.75, 3.05) is 26.6 Å². The number of carbonyl (C=O) groups excluding carboxylic acids is 1. The topological polar surface area (TPSA) is 85.5 Å². The molecule has 0 radical (unpaired) electrons. The summed E-state index contributed by atoms with van der Waals surface area (Å²) in [5.74, 6) is 0.991. The lowest BCUT2D eigenvalue weighted by molar-refractivity contribution is 0.102. The fraction of sp³-hybridized carbons (Fsp3) is 0.158. The third-order valence-electron chi connectivity index (χ3n) is 3.86. The second-order valence-corrected chi connectivity index (χ2v) is 5.41. The van der Waals surface area contributed by atoms with Crippen LogP contribution in [0.15, 0.2) is 48.9 Å². The number of amides is 1. The summed E-state index contributed by atoms with van der Waals surface area (Å²) in [4.78, 5) is 19.7. The molecule has 0 unspecified atom stereocenters. The molecular formula is C19H19N3O4. The number of anilines is 1. The first-order valence-corrected chi connectivity index (χ1v) is 7.86. The van der Waals surface area contributed by atoms with Crippen molar-refractivity contribution < 1.29 is 19.0 Å². The Balaban J connectivity index is 1.88. The number of hydrogen-bond acceptors (Lipinski definition) is 5. The van der Waals surface area contributed by atoms with Crippen LogP contribution in [0.2, 0.25) is 0 Å². The van der Waals surface area contributed by atoms with E-state index in [0.29, 0.717) is 28.5 Å². The van der Waals surface area contributed by atoms with E-state index >= 15 is 0 Å². The molecule has 0 aliphatic heterocycles. The summed E-state index contributed by atoms with van der Waals surface area (Å²) in [5, 5.41) is 2.88. The fourth-order valence-electron chi connectivity index (χ4n) is 2.59. The monoisotopic (exact) mass is 353 g/mol. The number of aromatic nitrogens is 2. The summed E-state index contributed by atoms with van der Waals surface area (Å²) >= 11 is 0. The second-order valence-electron chi connectivity index (χ2n) is 5.41. The Morgan fingerprint density at radius 2 is 1.77 bits per heavy atom. The Kier molecular flexibility index (Phi) is 5.07. The van der Waals surface area contributed by atoms with Crippen LogP contribution in [0.3, 0.4) is 0 Å². The van der Waals surface area contributed by atoms with Gasteiger partial charge < -0.3 is 24.5 Å². The minimum absolute atomic E-state index is 0.286. The Hall–Kier alpha value is -3.48. The smallest absolute Gasteiger partial charge is 0.255 e. The van der Waals surface area contributed by atoms with Crippen LogP contribution in [0.5, 0.6) is 17.2 Å². The number of ether oxygens (including phenoxy) is 3. The number of hydrogen-bond donors (Lipinski definition) is 2. The Labute approximate surface area is 150 Å². The van der Waals surface area contributed by atoms with Crippen molar-refractivity contribution in [2.45, 2.75) is 0 Å². The molecule has 3 rings (SSSR count). The Bertz CT molecular complexity index is 882. The van der Waals surface area contributed by atoms with Gasteiger partial charge in [-0.2, -0.15) is 0 Å². The molecule has 0 spiro atoms. The van der Waals surface area contributed by atoms with E-state index < -0.39 is 0 Å². The molecule has 7 nitrogen and oxygen atoms in total. The first-order valence-electron chi connectivity index (χ1n) is 7.86. The van der Waals surface area contributed by atoms with Crippen LogP contribution in [-0.2, 0) is 0 Å². The van der Waals surface area contributed by atoms with Crippen molar-refractivity contribution in [3.8, 4) is 28.5 Å². The molecule has 0 atom stereocenters. The van der Waals surface area contributed by atoms with Crippen LogP contribution in [0.25, 0.3) is 11.3 Å². The second kappa shape index (κ2) is 7.60. The number of imidazole rings is 1. The van der Waals surface area contributed by atoms with E-state index in [0.717, 1.165) is 11.3 Å². The van der Waals surface area contributed by atoms with E-state index in [2.05, 4.69) is 15.3 Å². The molecule has 26 heavy (non-hydrogen) atoms. The van der Waals surface area contributed by atoms with E-state index in [9.17, 15) is 4.79 Å². The highest BCUT2D eigenvalue weighted by atomic mass is 16.5. The molecule has 3 aromatic rings. The number of rotatable bonds is 6. The van der Waals surface area contributed by atoms with Gasteiger partial charge in [0.1, 0.15) is 0 Å². The van der Waals surface area contributed by atoms with Crippen molar-refractivity contribution in [1.82, 2.24) is 9.97 Å². The van der Waals surface area contributed by atoms with Gasteiger partial charge in [-0.3, -0.25) is 4.79 Å². The van der Waals surface area contributed by atoms with Gasteiger partial charge in [-0.15, -0.1) is 0 Å². The highest BCUT2D eigenvalue weighted by Crippen LogP contribution is 2.38. The summed E-state index contributed by atoms with van der Waals surface area (Å²) in [5.41, 5.74) is 2.85. The highest BCUT2D eigenvalue weighted by molar-refractivity contribution is 6.05. The average Bonchev–Trinajstić information content (AvgIpc) is 3.21. The third kappa shape index (κ3) is 3.46. The normalized spacial score (nSPS) is 10.3. The summed E-state index contributed by atoms with van der Waals surface area (Å²) in [6, 6.07) is 10.7. The van der Waals surface area contributed by atoms with Gasteiger partial charge in [0.2, 0.25) is 5.75 Å². The van der Waals surface area contributed by atoms with Crippen LogP contribution in [0, 0.1) is 0 Å². The van der Waals surface area contributed by atoms with Crippen molar-refractivity contribution in [3.05, 3.63) is 54.5 Å². The quantitative estimate of drug-likeness (QED) is 0.710. The summed E-state index contributed by atoms with van der Waals surface area (Å²) in [6.45, 7) is 0. The highest BCUT2D eigenvalue weighted by Gasteiger charge is 2.17. The van der Waals surface area contributed by atoms with E-state index in [4.69, 9.17) is 14.2 Å². The number of nitrogens with zero attached hydrogens (tertiary/aromatic N) is 1. The number of aromatic amines is 1. The molecule has 0 bridgehead atoms. The number of nitrogens with one attached hydrogen (secondary N) is 2. The molecule has 0 saturated carbocycles. The maximum Gasteiger partial charge on any atom is 0.255 e. The minimum Gasteiger partial charge on any atom is -0.493 e. The molecule has 1 heterocycles. The first-order chi connectivity index (χ1) is 12.7. The lowest BCUT2D eigenvalue weighted by Crippen LogP contribution is -2.12. The van der Waals surface area contributed by atoms with Gasteiger partial charge in [-0.25, -0.2) is 4.98 Å². The molecule has 0 saturated heterocycles. The molecular weight excluding hydrogens is 334 g/mol. The zero-order valence-electron chi connectivity index (χ0n) is 14.7. The van der Waals surface area contributed by atoms with Crippen LogP contribution in [0.1, 0.15) is 10.4 Å². The summed E-state index contributed by atoms with van der Waals surface area (Å²) in [6.07, 6.45) is 3.33. The number of benzene rings is 2. The molecule has 1 amide bonds. The lowest BCUT2D eigenvalue weighted by Gasteiger charge is -2.14. The standard InChI is InChI=1S/C19H19N3O4/c1-24-16-8-13(9-17(25-2)18(16)26-3)19(23)22-14-6-4-5-12(7-14)15-10-20-11-21-15/h4-11H,1-3H3,(H,20,21)(H,22,23). The lowest BCUT2D eigenvalue weighted by atomic mass is 10.1. The predicted octanol–water partition coefficient (Wildman–Crippen LogP) is 3.35. The van der Waals surface area contributed by atoms with E-state index in [-0.39, 0.29) is 5.91 Å². The first kappa shape index (κ1) is 17.3. The van der Waals surface area contributed by atoms with Gasteiger partial charge in [0, 0.05) is 16.8 Å². The molecule has 1 aromatic heterocycles. The fourth-order valence-corrected chi connectivity index (χ4v) is 2.59. The van der Waals surface area contributed by atoms with Crippen molar-refractivity contribution in [2.24, 2.45) is 0 Å². The van der Waals surface area contributed by atoms with E-state index in [1.165, 1.54) is 21.3 Å². The van der Waals surface area contributed by atoms with E-state index in [1.807, 2.05) is 24.3 Å². The van der Waals surface area contributed by atoms with Gasteiger partial charge >= 0.3 is 0 Å². The van der Waals surface area contributed by atoms with Crippen LogP contribution >= 0.6 is 0 Å². The molecule has 2 aromatic carbocycles. The average molecular weight is 353 g/mol. The molecule has 134 valence electrons. The predicted molar refractivity (Wildman–Crippen MR) is 98.1 cm³/mol. The van der Waals surface area contributed by atoms with Crippen molar-refractivity contribution >= 4 is 11.6 Å². The van der Waals surface area contributed by atoms with Gasteiger partial charge in [0.25, 0.3) is 5.91 Å². The summed E-state index contributed by atoms with van der Waals surface area (Å²) in [7, 11) is 4.53. The van der Waals surface area contributed by atoms with Gasteiger partial charge in [-0.05, 0) is 24.3 Å². The van der Waals surface area contributed by atoms with Crippen LogP contribution in [0.4, 0.5) is 5.69 Å². The summed E-state index contributed by atoms with van der Waals surface area (Å²) < 4.78 is 15.9. The molecule has 0 aliphatic rings. The largest absolute Gasteiger partial charge is 0.493 e. The molecule has 0 fully saturated rings.